The zero-order chi connectivity index (χ0) is 29.7. The summed E-state index contributed by atoms with van der Waals surface area (Å²) < 4.78 is 3.88. The van der Waals surface area contributed by atoms with Crippen molar-refractivity contribution in [1.29, 1.82) is 0 Å². The third-order valence-corrected chi connectivity index (χ3v) is 11.1. The number of nitrogens with zero attached hydrogens (tertiary/aromatic N) is 7. The molecule has 6 rings (SSSR count). The van der Waals surface area contributed by atoms with Gasteiger partial charge in [-0.2, -0.15) is 14.0 Å². The summed E-state index contributed by atoms with van der Waals surface area (Å²) in [6, 6.07) is 0.0184. The van der Waals surface area contributed by atoms with Gasteiger partial charge in [0.15, 0.2) is 5.78 Å². The number of carbonyl (C=O) groups excluding carboxylic acids is 1. The van der Waals surface area contributed by atoms with Crippen LogP contribution >= 0.6 is 0 Å². The van der Waals surface area contributed by atoms with Crippen LogP contribution in [0, 0.1) is 40.9 Å². The zero-order valence-corrected chi connectivity index (χ0v) is 25.5. The molecule has 4 fully saturated rings. The Morgan fingerprint density at radius 2 is 1.61 bits per heavy atom. The fourth-order valence-corrected chi connectivity index (χ4v) is 9.12. The summed E-state index contributed by atoms with van der Waals surface area (Å²) in [5.74, 6) is 3.73. The van der Waals surface area contributed by atoms with Gasteiger partial charge in [-0.1, -0.05) is 6.92 Å². The number of ketones is 1. The molecule has 2 N–H and O–H groups in total. The van der Waals surface area contributed by atoms with Gasteiger partial charge in [0.25, 0.3) is 0 Å². The predicted molar refractivity (Wildman–Crippen MR) is 152 cm³/mol. The molecule has 2 heterocycles. The molecule has 8 atom stereocenters. The van der Waals surface area contributed by atoms with Gasteiger partial charge in [0.1, 0.15) is 6.54 Å². The lowest BCUT2D eigenvalue weighted by atomic mass is 9.49. The number of H-pyrrole nitrogens is 1. The summed E-state index contributed by atoms with van der Waals surface area (Å²) in [5, 5.41) is 27.5. The van der Waals surface area contributed by atoms with Crippen LogP contribution in [0.1, 0.15) is 111 Å². The van der Waals surface area contributed by atoms with Gasteiger partial charge >= 0.3 is 11.4 Å². The zero-order valence-electron chi connectivity index (χ0n) is 25.5. The second kappa shape index (κ2) is 11.2. The maximum Gasteiger partial charge on any atom is 0.364 e. The third-order valence-electron chi connectivity index (χ3n) is 11.1. The number of aliphatic hydroxyl groups is 1. The largest absolute Gasteiger partial charge is 0.390 e. The summed E-state index contributed by atoms with van der Waals surface area (Å²) in [7, 11) is 0. The molecule has 0 radical (unpaired) electrons. The van der Waals surface area contributed by atoms with E-state index in [1.165, 1.54) is 39.7 Å². The predicted octanol–water partition coefficient (Wildman–Crippen LogP) is 3.16. The molecule has 0 amide bonds. The molecule has 41 heavy (non-hydrogen) atoms. The number of nitrogens with one attached hydrogen (secondary N) is 1. The molecule has 0 saturated heterocycles. The lowest BCUT2D eigenvalue weighted by Crippen LogP contribution is -2.51. The second-order valence-electron chi connectivity index (χ2n) is 14.3. The van der Waals surface area contributed by atoms with Gasteiger partial charge in [-0.05, 0) is 148 Å². The van der Waals surface area contributed by atoms with E-state index >= 15 is 0 Å². The summed E-state index contributed by atoms with van der Waals surface area (Å²) in [6.07, 6.45) is 9.97. The topological polar surface area (TPSA) is 154 Å². The molecule has 4 aliphatic rings. The van der Waals surface area contributed by atoms with Crippen molar-refractivity contribution in [2.24, 2.45) is 40.9 Å². The summed E-state index contributed by atoms with van der Waals surface area (Å²) >= 11 is 0. The molecule has 12 nitrogen and oxygen atoms in total. The molecule has 228 valence electrons. The molecule has 0 spiro atoms. The molecular weight excluding hydrogens is 524 g/mol. The molecule has 2 aromatic heterocycles. The number of carbonyl (C=O) groups is 1. The van der Waals surface area contributed by atoms with Gasteiger partial charge in [0.2, 0.25) is 0 Å². The Hall–Kier alpha value is -2.63. The van der Waals surface area contributed by atoms with Crippen LogP contribution in [-0.2, 0) is 11.3 Å². The van der Waals surface area contributed by atoms with Crippen molar-refractivity contribution in [3.05, 3.63) is 21.0 Å². The lowest BCUT2D eigenvalue weighted by molar-refractivity contribution is -0.133. The minimum atomic E-state index is -0.475. The second-order valence-corrected chi connectivity index (χ2v) is 14.3. The fourth-order valence-electron chi connectivity index (χ4n) is 9.12. The van der Waals surface area contributed by atoms with Crippen LogP contribution in [0.3, 0.4) is 0 Å². The maximum atomic E-state index is 13.4. The first-order valence-electron chi connectivity index (χ1n) is 15.6. The molecule has 0 aliphatic heterocycles. The normalized spacial score (nSPS) is 36.3. The van der Waals surface area contributed by atoms with E-state index < -0.39 is 5.60 Å². The monoisotopic (exact) mass is 572 g/mol. The van der Waals surface area contributed by atoms with Gasteiger partial charge in [-0.15, -0.1) is 0 Å². The van der Waals surface area contributed by atoms with Gasteiger partial charge in [-0.25, -0.2) is 14.7 Å². The Labute approximate surface area is 241 Å². The first-order valence-corrected chi connectivity index (χ1v) is 15.6. The number of fused-ring (bicyclic) bond motifs is 5. The van der Waals surface area contributed by atoms with Gasteiger partial charge in [-0.3, -0.25) is 4.79 Å². The van der Waals surface area contributed by atoms with E-state index in [2.05, 4.69) is 32.9 Å². The summed E-state index contributed by atoms with van der Waals surface area (Å²) in [6.45, 7) is 11.9. The van der Waals surface area contributed by atoms with Gasteiger partial charge in [0, 0.05) is 5.92 Å². The highest BCUT2D eigenvalue weighted by Gasteiger charge is 2.58. The highest BCUT2D eigenvalue weighted by atomic mass is 16.3. The van der Waals surface area contributed by atoms with Crippen LogP contribution in [0.2, 0.25) is 0 Å². The van der Waals surface area contributed by atoms with Gasteiger partial charge < -0.3 is 5.11 Å². The van der Waals surface area contributed by atoms with Crippen molar-refractivity contribution in [2.45, 2.75) is 124 Å². The Balaban J connectivity index is 0.000000321. The van der Waals surface area contributed by atoms with Crippen molar-refractivity contribution in [3.63, 3.8) is 0 Å². The van der Waals surface area contributed by atoms with E-state index in [9.17, 15) is 19.5 Å². The van der Waals surface area contributed by atoms with Crippen molar-refractivity contribution in [1.82, 2.24) is 40.0 Å². The van der Waals surface area contributed by atoms with Crippen molar-refractivity contribution in [3.8, 4) is 0 Å². The molecule has 4 aliphatic carbocycles. The number of Topliss-reactive ketones (excluding diaryl/α,β-unsaturated/α-hetero) is 1. The van der Waals surface area contributed by atoms with Crippen LogP contribution in [0.15, 0.2) is 9.59 Å². The number of hydrogen-bond acceptors (Lipinski definition) is 8. The first kappa shape index (κ1) is 29.8. The lowest BCUT2D eigenvalue weighted by Gasteiger charge is -2.56. The molecule has 0 aromatic carbocycles. The first-order chi connectivity index (χ1) is 19.3. The smallest absolute Gasteiger partial charge is 0.364 e. The summed E-state index contributed by atoms with van der Waals surface area (Å²) in [5.41, 5.74) is -0.978. The van der Waals surface area contributed by atoms with Crippen LogP contribution in [-0.4, -0.2) is 56.5 Å². The number of tetrazole rings is 2. The fraction of sp³-hybridized carbons (Fsp3) is 0.897. The Morgan fingerprint density at radius 3 is 2.22 bits per heavy atom. The molecule has 12 heteroatoms. The average Bonchev–Trinajstić information content (AvgIpc) is 3.60. The van der Waals surface area contributed by atoms with E-state index in [0.717, 1.165) is 49.9 Å². The quantitative estimate of drug-likeness (QED) is 0.554. The van der Waals surface area contributed by atoms with E-state index in [1.54, 1.807) is 0 Å². The SMILES string of the molecule is CC(C)n1nn[nH]c1=O.CC(C)n1nnn(CC(=O)[C@H]2CC[C@H]3[C@@H]4CC[C@@H]5C[C@](C)(O)CC[C@@H]5[C@H]4CC[C@]23C)c1=O. The number of hydrogen-bond donors (Lipinski definition) is 2. The average molecular weight is 573 g/mol. The Kier molecular flexibility index (Phi) is 8.17. The Bertz CT molecular complexity index is 1340. The molecule has 4 saturated carbocycles. The van der Waals surface area contributed by atoms with Crippen LogP contribution in [0.25, 0.3) is 0 Å². The standard InChI is InChI=1S/C25H40N4O3.C4H8N4O/c1-15(2)29-23(31)28(26-27-29)14-22(30)21-8-7-20-19-6-5-16-13-24(3,32)11-9-17(16)18(19)10-12-25(20,21)4;1-3(2)8-4(9)5-6-7-8/h15-21,32H,5-14H2,1-4H3;3H,1-2H3,(H,5,7,9)/t16-,17+,18-,19-,20+,21-,24-,25+;/m1./s1. The number of rotatable bonds is 5. The minimum absolute atomic E-state index is 0.0226. The van der Waals surface area contributed by atoms with Crippen LogP contribution in [0.4, 0.5) is 0 Å². The van der Waals surface area contributed by atoms with E-state index in [4.69, 9.17) is 0 Å². The van der Waals surface area contributed by atoms with E-state index in [1.807, 2.05) is 34.6 Å². The van der Waals surface area contributed by atoms with E-state index in [0.29, 0.717) is 11.8 Å². The van der Waals surface area contributed by atoms with Crippen molar-refractivity contribution in [2.75, 3.05) is 0 Å². The molecule has 0 unspecified atom stereocenters. The highest BCUT2D eigenvalue weighted by molar-refractivity contribution is 5.82. The van der Waals surface area contributed by atoms with E-state index in [-0.39, 0.29) is 47.1 Å². The highest BCUT2D eigenvalue weighted by Crippen LogP contribution is 2.64. The Morgan fingerprint density at radius 1 is 0.902 bits per heavy atom. The third kappa shape index (κ3) is 5.60. The molecular formula is C29H48N8O4. The molecule has 2 aromatic rings. The van der Waals surface area contributed by atoms with Crippen LogP contribution < -0.4 is 11.4 Å². The van der Waals surface area contributed by atoms with Crippen molar-refractivity contribution >= 4 is 5.78 Å². The maximum absolute atomic E-state index is 13.4. The van der Waals surface area contributed by atoms with Crippen LogP contribution in [0.5, 0.6) is 0 Å². The number of aromatic amines is 1. The minimum Gasteiger partial charge on any atom is -0.390 e. The van der Waals surface area contributed by atoms with Crippen molar-refractivity contribution < 1.29 is 9.90 Å². The number of aromatic nitrogens is 8. The summed E-state index contributed by atoms with van der Waals surface area (Å²) in [4.78, 5) is 36.6. The van der Waals surface area contributed by atoms with Gasteiger partial charge in [0.05, 0.1) is 17.7 Å². The molecule has 0 bridgehead atoms.